The molecule has 0 bridgehead atoms. The van der Waals surface area contributed by atoms with Crippen LogP contribution in [0.5, 0.6) is 0 Å². The standard InChI is InChI=1S/C14H22BrN3S.HI/c1-4-16-14(17-9-10-19-3)18(2)11-12-5-7-13(15)8-6-12;/h5-8H,4,9-11H2,1-3H3,(H,16,17);1H. The Kier molecular flexibility index (Phi) is 11.7. The number of guanidine groups is 1. The van der Waals surface area contributed by atoms with Crippen molar-refractivity contribution in [2.24, 2.45) is 4.99 Å². The van der Waals surface area contributed by atoms with Crippen molar-refractivity contribution in [3.05, 3.63) is 34.3 Å². The van der Waals surface area contributed by atoms with E-state index >= 15 is 0 Å². The van der Waals surface area contributed by atoms with Crippen molar-refractivity contribution in [3.8, 4) is 0 Å². The van der Waals surface area contributed by atoms with Crippen molar-refractivity contribution < 1.29 is 0 Å². The number of hydrogen-bond acceptors (Lipinski definition) is 2. The first-order valence-corrected chi connectivity index (χ1v) is 8.59. The Balaban J connectivity index is 0.00000361. The molecule has 0 saturated carbocycles. The molecule has 1 N–H and O–H groups in total. The Hall–Kier alpha value is 0.0500. The van der Waals surface area contributed by atoms with Crippen LogP contribution < -0.4 is 5.32 Å². The monoisotopic (exact) mass is 471 g/mol. The third-order valence-corrected chi connectivity index (χ3v) is 3.71. The number of aliphatic imine (C=N–C) groups is 1. The maximum Gasteiger partial charge on any atom is 0.193 e. The molecule has 0 spiro atoms. The Bertz CT molecular complexity index is 398. The van der Waals surface area contributed by atoms with Gasteiger partial charge in [0, 0.05) is 30.4 Å². The highest BCUT2D eigenvalue weighted by molar-refractivity contribution is 14.0. The summed E-state index contributed by atoms with van der Waals surface area (Å²) < 4.78 is 1.11. The van der Waals surface area contributed by atoms with Gasteiger partial charge < -0.3 is 10.2 Å². The number of thioether (sulfide) groups is 1. The van der Waals surface area contributed by atoms with Crippen molar-refractivity contribution in [1.29, 1.82) is 0 Å². The first-order valence-electron chi connectivity index (χ1n) is 6.40. The predicted molar refractivity (Wildman–Crippen MR) is 105 cm³/mol. The van der Waals surface area contributed by atoms with Gasteiger partial charge in [0.15, 0.2) is 5.96 Å². The zero-order chi connectivity index (χ0) is 14.1. The molecule has 0 heterocycles. The number of nitrogens with zero attached hydrogens (tertiary/aromatic N) is 2. The second-order valence-corrected chi connectivity index (χ2v) is 6.11. The zero-order valence-corrected chi connectivity index (χ0v) is 17.0. The zero-order valence-electron chi connectivity index (χ0n) is 12.2. The summed E-state index contributed by atoms with van der Waals surface area (Å²) in [6.45, 7) is 4.70. The van der Waals surface area contributed by atoms with Gasteiger partial charge in [-0.15, -0.1) is 24.0 Å². The van der Waals surface area contributed by atoms with E-state index in [2.05, 4.69) is 75.6 Å². The Morgan fingerprint density at radius 2 is 2.00 bits per heavy atom. The van der Waals surface area contributed by atoms with Gasteiger partial charge in [-0.1, -0.05) is 28.1 Å². The topological polar surface area (TPSA) is 27.6 Å². The Labute approximate surface area is 152 Å². The van der Waals surface area contributed by atoms with Gasteiger partial charge in [0.25, 0.3) is 0 Å². The van der Waals surface area contributed by atoms with Crippen molar-refractivity contribution >= 4 is 57.6 Å². The van der Waals surface area contributed by atoms with Crippen LogP contribution in [0.25, 0.3) is 0 Å². The van der Waals surface area contributed by atoms with Crippen LogP contribution in [0.3, 0.4) is 0 Å². The average molecular weight is 472 g/mol. The third-order valence-electron chi connectivity index (χ3n) is 2.59. The van der Waals surface area contributed by atoms with E-state index in [1.165, 1.54) is 5.56 Å². The molecule has 20 heavy (non-hydrogen) atoms. The predicted octanol–water partition coefficient (Wildman–Crippen LogP) is 3.83. The number of nitrogens with one attached hydrogen (secondary N) is 1. The number of benzene rings is 1. The first kappa shape index (κ1) is 20.1. The van der Waals surface area contributed by atoms with E-state index in [-0.39, 0.29) is 24.0 Å². The van der Waals surface area contributed by atoms with E-state index < -0.39 is 0 Å². The molecule has 0 unspecified atom stereocenters. The van der Waals surface area contributed by atoms with Gasteiger partial charge in [-0.2, -0.15) is 11.8 Å². The fraction of sp³-hybridized carbons (Fsp3) is 0.500. The lowest BCUT2D eigenvalue weighted by Crippen LogP contribution is -2.38. The smallest absolute Gasteiger partial charge is 0.193 e. The quantitative estimate of drug-likeness (QED) is 0.295. The molecule has 0 fully saturated rings. The van der Waals surface area contributed by atoms with Crippen molar-refractivity contribution in [2.75, 3.05) is 32.1 Å². The molecule has 0 saturated heterocycles. The normalized spacial score (nSPS) is 10.9. The summed E-state index contributed by atoms with van der Waals surface area (Å²) in [4.78, 5) is 6.78. The van der Waals surface area contributed by atoms with E-state index in [0.29, 0.717) is 0 Å². The molecule has 1 aromatic carbocycles. The molecule has 0 aliphatic carbocycles. The largest absolute Gasteiger partial charge is 0.357 e. The van der Waals surface area contributed by atoms with Crippen LogP contribution in [0.1, 0.15) is 12.5 Å². The van der Waals surface area contributed by atoms with Crippen LogP contribution in [0.4, 0.5) is 0 Å². The molecule has 3 nitrogen and oxygen atoms in total. The second kappa shape index (κ2) is 11.7. The fourth-order valence-corrected chi connectivity index (χ4v) is 2.19. The molecule has 0 radical (unpaired) electrons. The second-order valence-electron chi connectivity index (χ2n) is 4.21. The highest BCUT2D eigenvalue weighted by atomic mass is 127. The molecular formula is C14H23BrIN3S. The van der Waals surface area contributed by atoms with Crippen LogP contribution in [0, 0.1) is 0 Å². The SMILES string of the molecule is CCNC(=NCCSC)N(C)Cc1ccc(Br)cc1.I. The summed E-state index contributed by atoms with van der Waals surface area (Å²) in [5, 5.41) is 3.33. The van der Waals surface area contributed by atoms with Crippen molar-refractivity contribution in [3.63, 3.8) is 0 Å². The minimum atomic E-state index is 0. The van der Waals surface area contributed by atoms with E-state index in [9.17, 15) is 0 Å². The summed E-state index contributed by atoms with van der Waals surface area (Å²) >= 11 is 5.28. The summed E-state index contributed by atoms with van der Waals surface area (Å²) in [5.74, 6) is 2.03. The minimum Gasteiger partial charge on any atom is -0.357 e. The summed E-state index contributed by atoms with van der Waals surface area (Å²) in [7, 11) is 2.07. The molecule has 0 aliphatic heterocycles. The van der Waals surface area contributed by atoms with Crippen LogP contribution in [0.15, 0.2) is 33.7 Å². The van der Waals surface area contributed by atoms with Gasteiger partial charge in [-0.25, -0.2) is 0 Å². The highest BCUT2D eigenvalue weighted by Gasteiger charge is 2.05. The maximum atomic E-state index is 4.62. The van der Waals surface area contributed by atoms with Crippen molar-refractivity contribution in [2.45, 2.75) is 13.5 Å². The van der Waals surface area contributed by atoms with Gasteiger partial charge >= 0.3 is 0 Å². The van der Waals surface area contributed by atoms with Crippen molar-refractivity contribution in [1.82, 2.24) is 10.2 Å². The van der Waals surface area contributed by atoms with Crippen LogP contribution in [-0.2, 0) is 6.54 Å². The molecular weight excluding hydrogens is 449 g/mol. The Morgan fingerprint density at radius 1 is 1.35 bits per heavy atom. The van der Waals surface area contributed by atoms with Gasteiger partial charge in [0.05, 0.1) is 6.54 Å². The van der Waals surface area contributed by atoms with Gasteiger partial charge in [-0.3, -0.25) is 4.99 Å². The molecule has 0 aromatic heterocycles. The first-order chi connectivity index (χ1) is 9.17. The molecule has 1 rings (SSSR count). The summed E-state index contributed by atoms with van der Waals surface area (Å²) in [6, 6.07) is 8.40. The van der Waals surface area contributed by atoms with Crippen LogP contribution in [-0.4, -0.2) is 43.0 Å². The number of halogens is 2. The van der Waals surface area contributed by atoms with Gasteiger partial charge in [0.2, 0.25) is 0 Å². The van der Waals surface area contributed by atoms with Crippen LogP contribution in [0.2, 0.25) is 0 Å². The van der Waals surface area contributed by atoms with E-state index in [0.717, 1.165) is 35.8 Å². The van der Waals surface area contributed by atoms with E-state index in [1.54, 1.807) is 0 Å². The maximum absolute atomic E-state index is 4.62. The lowest BCUT2D eigenvalue weighted by atomic mass is 10.2. The fourth-order valence-electron chi connectivity index (χ4n) is 1.65. The summed E-state index contributed by atoms with van der Waals surface area (Å²) in [5.41, 5.74) is 1.28. The lowest BCUT2D eigenvalue weighted by molar-refractivity contribution is 0.477. The van der Waals surface area contributed by atoms with E-state index in [1.807, 2.05) is 11.8 Å². The third kappa shape index (κ3) is 7.73. The molecule has 0 amide bonds. The minimum absolute atomic E-state index is 0. The van der Waals surface area contributed by atoms with Crippen LogP contribution >= 0.6 is 51.7 Å². The number of hydrogen-bond donors (Lipinski definition) is 1. The molecule has 0 aliphatic rings. The molecule has 114 valence electrons. The molecule has 0 atom stereocenters. The van der Waals surface area contributed by atoms with E-state index in [4.69, 9.17) is 0 Å². The highest BCUT2D eigenvalue weighted by Crippen LogP contribution is 2.11. The molecule has 1 aromatic rings. The van der Waals surface area contributed by atoms with Gasteiger partial charge in [0.1, 0.15) is 0 Å². The average Bonchev–Trinajstić information content (AvgIpc) is 2.40. The molecule has 6 heteroatoms. The number of rotatable bonds is 6. The summed E-state index contributed by atoms with van der Waals surface area (Å²) in [6.07, 6.45) is 2.11. The Morgan fingerprint density at radius 3 is 2.55 bits per heavy atom. The lowest BCUT2D eigenvalue weighted by Gasteiger charge is -2.22. The van der Waals surface area contributed by atoms with Gasteiger partial charge in [-0.05, 0) is 30.9 Å².